The maximum Gasteiger partial charge on any atom is 0.220 e. The van der Waals surface area contributed by atoms with Gasteiger partial charge in [-0.3, -0.25) is 4.79 Å². The highest BCUT2D eigenvalue weighted by molar-refractivity contribution is 6.36. The van der Waals surface area contributed by atoms with Crippen LogP contribution in [0.4, 0.5) is 0 Å². The van der Waals surface area contributed by atoms with E-state index in [1.165, 1.54) is 0 Å². The third-order valence-electron chi connectivity index (χ3n) is 5.48. The number of benzene rings is 2. The molecule has 0 spiro atoms. The molecule has 0 bridgehead atoms. The minimum Gasteiger partial charge on any atom is -0.487 e. The van der Waals surface area contributed by atoms with Crippen LogP contribution in [0.25, 0.3) is 0 Å². The van der Waals surface area contributed by atoms with Crippen LogP contribution in [0.2, 0.25) is 10.0 Å². The van der Waals surface area contributed by atoms with E-state index in [0.29, 0.717) is 22.9 Å². The molecule has 1 amide bonds. The number of carbonyl (C=O) groups excluding carboxylic acids is 1. The second-order valence-corrected chi connectivity index (χ2v) is 7.87. The molecule has 0 saturated carbocycles. The number of hydrogen-bond acceptors (Lipinski definition) is 2. The first-order valence-electron chi connectivity index (χ1n) is 9.48. The standard InChI is InChI=1S/C22H25Cl2NO2/c1-3-22(4-2)14-19(16-8-5-6-11-20(16)27-22)25-21(26)13-12-15-17(23)9-7-10-18(15)24/h5-11,19H,3-4,12-14H2,1-2H3,(H,25,26)/t19-/m1/s1. The average Bonchev–Trinajstić information content (AvgIpc) is 2.67. The van der Waals surface area contributed by atoms with Crippen molar-refractivity contribution in [2.45, 2.75) is 57.6 Å². The summed E-state index contributed by atoms with van der Waals surface area (Å²) in [5.41, 5.74) is 1.62. The van der Waals surface area contributed by atoms with Gasteiger partial charge in [-0.15, -0.1) is 0 Å². The molecule has 1 aliphatic heterocycles. The van der Waals surface area contributed by atoms with E-state index in [0.717, 1.165) is 36.1 Å². The largest absolute Gasteiger partial charge is 0.487 e. The summed E-state index contributed by atoms with van der Waals surface area (Å²) in [6.45, 7) is 4.27. The SMILES string of the molecule is CCC1(CC)C[C@@H](NC(=O)CCc2c(Cl)cccc2Cl)c2ccccc2O1. The van der Waals surface area contributed by atoms with E-state index in [1.807, 2.05) is 30.3 Å². The van der Waals surface area contributed by atoms with Gasteiger partial charge in [-0.25, -0.2) is 0 Å². The van der Waals surface area contributed by atoms with Gasteiger partial charge >= 0.3 is 0 Å². The van der Waals surface area contributed by atoms with Crippen molar-refractivity contribution in [3.05, 3.63) is 63.6 Å². The zero-order valence-corrected chi connectivity index (χ0v) is 17.2. The van der Waals surface area contributed by atoms with E-state index in [2.05, 4.69) is 19.2 Å². The molecule has 0 aliphatic carbocycles. The second-order valence-electron chi connectivity index (χ2n) is 7.05. The maximum absolute atomic E-state index is 12.7. The van der Waals surface area contributed by atoms with Crippen molar-refractivity contribution in [3.63, 3.8) is 0 Å². The summed E-state index contributed by atoms with van der Waals surface area (Å²) in [6, 6.07) is 13.3. The van der Waals surface area contributed by atoms with Crippen LogP contribution in [0.3, 0.4) is 0 Å². The smallest absolute Gasteiger partial charge is 0.220 e. The Morgan fingerprint density at radius 3 is 2.44 bits per heavy atom. The average molecular weight is 406 g/mol. The van der Waals surface area contributed by atoms with Crippen LogP contribution in [-0.2, 0) is 11.2 Å². The minimum atomic E-state index is -0.238. The number of ether oxygens (including phenoxy) is 1. The minimum absolute atomic E-state index is 0.00574. The first kappa shape index (κ1) is 20.0. The molecule has 2 aromatic carbocycles. The number of nitrogens with one attached hydrogen (secondary N) is 1. The molecular formula is C22H25Cl2NO2. The van der Waals surface area contributed by atoms with Crippen molar-refractivity contribution in [1.82, 2.24) is 5.32 Å². The van der Waals surface area contributed by atoms with Crippen LogP contribution in [0.1, 0.15) is 56.7 Å². The van der Waals surface area contributed by atoms with E-state index in [9.17, 15) is 4.79 Å². The fourth-order valence-corrected chi connectivity index (χ4v) is 4.29. The van der Waals surface area contributed by atoms with E-state index in [1.54, 1.807) is 12.1 Å². The lowest BCUT2D eigenvalue weighted by atomic mass is 9.83. The van der Waals surface area contributed by atoms with Crippen molar-refractivity contribution in [2.24, 2.45) is 0 Å². The van der Waals surface area contributed by atoms with Gasteiger partial charge < -0.3 is 10.1 Å². The van der Waals surface area contributed by atoms with Crippen LogP contribution < -0.4 is 10.1 Å². The molecule has 0 radical (unpaired) electrons. The van der Waals surface area contributed by atoms with Crippen LogP contribution in [0.5, 0.6) is 5.75 Å². The van der Waals surface area contributed by atoms with Crippen LogP contribution in [0, 0.1) is 0 Å². The molecule has 0 saturated heterocycles. The highest BCUT2D eigenvalue weighted by atomic mass is 35.5. The Kier molecular flexibility index (Phi) is 6.33. The van der Waals surface area contributed by atoms with Crippen molar-refractivity contribution in [3.8, 4) is 5.75 Å². The lowest BCUT2D eigenvalue weighted by molar-refractivity contribution is -0.122. The summed E-state index contributed by atoms with van der Waals surface area (Å²) in [7, 11) is 0. The fourth-order valence-electron chi connectivity index (χ4n) is 3.71. The summed E-state index contributed by atoms with van der Waals surface area (Å²) in [4.78, 5) is 12.7. The lowest BCUT2D eigenvalue weighted by Crippen LogP contribution is -2.44. The number of hydrogen-bond donors (Lipinski definition) is 1. The maximum atomic E-state index is 12.7. The third kappa shape index (κ3) is 4.41. The normalized spacial score (nSPS) is 17.7. The molecule has 1 heterocycles. The molecule has 3 rings (SSSR count). The number of para-hydroxylation sites is 1. The van der Waals surface area contributed by atoms with Crippen molar-refractivity contribution in [1.29, 1.82) is 0 Å². The van der Waals surface area contributed by atoms with E-state index in [-0.39, 0.29) is 17.6 Å². The molecular weight excluding hydrogens is 381 g/mol. The molecule has 0 aromatic heterocycles. The molecule has 0 unspecified atom stereocenters. The monoisotopic (exact) mass is 405 g/mol. The molecule has 2 aromatic rings. The van der Waals surface area contributed by atoms with E-state index < -0.39 is 0 Å². The van der Waals surface area contributed by atoms with Gasteiger partial charge in [0.15, 0.2) is 0 Å². The molecule has 5 heteroatoms. The highest BCUT2D eigenvalue weighted by Crippen LogP contribution is 2.42. The summed E-state index contributed by atoms with van der Waals surface area (Å²) in [5.74, 6) is 0.862. The Labute approximate surface area is 171 Å². The van der Waals surface area contributed by atoms with Gasteiger partial charge in [0.2, 0.25) is 5.91 Å². The van der Waals surface area contributed by atoms with Crippen molar-refractivity contribution >= 4 is 29.1 Å². The summed E-state index contributed by atoms with van der Waals surface area (Å²) >= 11 is 12.4. The predicted molar refractivity (Wildman–Crippen MR) is 111 cm³/mol. The van der Waals surface area contributed by atoms with Gasteiger partial charge in [0.05, 0.1) is 6.04 Å². The van der Waals surface area contributed by atoms with Crippen LogP contribution >= 0.6 is 23.2 Å². The van der Waals surface area contributed by atoms with Gasteiger partial charge in [-0.2, -0.15) is 0 Å². The lowest BCUT2D eigenvalue weighted by Gasteiger charge is -2.41. The molecule has 0 fully saturated rings. The van der Waals surface area contributed by atoms with Gasteiger partial charge in [-0.1, -0.05) is 61.3 Å². The first-order valence-corrected chi connectivity index (χ1v) is 10.2. The zero-order valence-electron chi connectivity index (χ0n) is 15.7. The zero-order chi connectivity index (χ0) is 19.4. The van der Waals surface area contributed by atoms with E-state index >= 15 is 0 Å². The molecule has 1 atom stereocenters. The van der Waals surface area contributed by atoms with Gasteiger partial charge in [0.1, 0.15) is 11.4 Å². The second kappa shape index (κ2) is 8.53. The Hall–Kier alpha value is -1.71. The molecule has 3 nitrogen and oxygen atoms in total. The number of fused-ring (bicyclic) bond motifs is 1. The number of rotatable bonds is 6. The Morgan fingerprint density at radius 2 is 1.78 bits per heavy atom. The molecule has 27 heavy (non-hydrogen) atoms. The molecule has 1 aliphatic rings. The number of carbonyl (C=O) groups is 1. The Morgan fingerprint density at radius 1 is 1.11 bits per heavy atom. The topological polar surface area (TPSA) is 38.3 Å². The van der Waals surface area contributed by atoms with E-state index in [4.69, 9.17) is 27.9 Å². The van der Waals surface area contributed by atoms with Crippen LogP contribution in [0.15, 0.2) is 42.5 Å². The molecule has 1 N–H and O–H groups in total. The van der Waals surface area contributed by atoms with Crippen molar-refractivity contribution < 1.29 is 9.53 Å². The fraction of sp³-hybridized carbons (Fsp3) is 0.409. The number of amides is 1. The summed E-state index contributed by atoms with van der Waals surface area (Å²) in [6.07, 6.45) is 3.44. The Bertz CT molecular complexity index is 797. The summed E-state index contributed by atoms with van der Waals surface area (Å²) < 4.78 is 6.30. The first-order chi connectivity index (χ1) is 13.0. The highest BCUT2D eigenvalue weighted by Gasteiger charge is 2.38. The molecule has 144 valence electrons. The third-order valence-corrected chi connectivity index (χ3v) is 6.19. The predicted octanol–water partition coefficient (Wildman–Crippen LogP) is 6.12. The van der Waals surface area contributed by atoms with Crippen LogP contribution in [-0.4, -0.2) is 11.5 Å². The van der Waals surface area contributed by atoms with Gasteiger partial charge in [0, 0.05) is 28.5 Å². The number of halogens is 2. The van der Waals surface area contributed by atoms with Gasteiger partial charge in [0.25, 0.3) is 0 Å². The Balaban J connectivity index is 1.73. The quantitative estimate of drug-likeness (QED) is 0.627. The van der Waals surface area contributed by atoms with Gasteiger partial charge in [-0.05, 0) is 43.0 Å². The van der Waals surface area contributed by atoms with Crippen molar-refractivity contribution in [2.75, 3.05) is 0 Å². The summed E-state index contributed by atoms with van der Waals surface area (Å²) in [5, 5.41) is 4.40.